The molecule has 3 atom stereocenters. The summed E-state index contributed by atoms with van der Waals surface area (Å²) in [6.07, 6.45) is 9.81. The summed E-state index contributed by atoms with van der Waals surface area (Å²) < 4.78 is 12.5. The van der Waals surface area contributed by atoms with Gasteiger partial charge in [0.15, 0.2) is 0 Å². The van der Waals surface area contributed by atoms with Gasteiger partial charge in [-0.15, -0.1) is 11.6 Å². The predicted octanol–water partition coefficient (Wildman–Crippen LogP) is 8.82. The van der Waals surface area contributed by atoms with Gasteiger partial charge in [-0.2, -0.15) is 0 Å². The van der Waals surface area contributed by atoms with E-state index in [2.05, 4.69) is 36.3 Å². The summed E-state index contributed by atoms with van der Waals surface area (Å²) in [5.74, 6) is 2.59. The number of aromatic nitrogens is 1. The molecule has 0 radical (unpaired) electrons. The maximum Gasteiger partial charge on any atom is 0.329 e. The van der Waals surface area contributed by atoms with Crippen LogP contribution in [0.3, 0.4) is 0 Å². The van der Waals surface area contributed by atoms with Crippen molar-refractivity contribution in [3.63, 3.8) is 0 Å². The van der Waals surface area contributed by atoms with Gasteiger partial charge >= 0.3 is 5.97 Å². The molecule has 240 valence electrons. The Morgan fingerprint density at radius 3 is 2.71 bits per heavy atom. The smallest absolute Gasteiger partial charge is 0.329 e. The molecule has 3 aliphatic carbocycles. The number of carbonyl (C=O) groups is 1. The summed E-state index contributed by atoms with van der Waals surface area (Å²) in [6, 6.07) is 15.8. The molecule has 6 nitrogen and oxygen atoms in total. The number of carboxylic acids is 1. The zero-order chi connectivity index (χ0) is 31.6. The van der Waals surface area contributed by atoms with Crippen LogP contribution in [-0.2, 0) is 23.1 Å². The summed E-state index contributed by atoms with van der Waals surface area (Å²) in [6.45, 7) is 5.66. The van der Waals surface area contributed by atoms with E-state index < -0.39 is 11.5 Å². The monoisotopic (exact) mass is 650 g/mol. The molecule has 0 unspecified atom stereocenters. The average Bonchev–Trinajstić information content (AvgIpc) is 3.31. The van der Waals surface area contributed by atoms with Crippen molar-refractivity contribution in [1.82, 2.24) is 4.98 Å². The lowest BCUT2D eigenvalue weighted by atomic mass is 9.59. The molecule has 2 aromatic carbocycles. The molecule has 0 saturated heterocycles. The van der Waals surface area contributed by atoms with E-state index in [-0.39, 0.29) is 5.41 Å². The van der Waals surface area contributed by atoms with E-state index in [4.69, 9.17) is 32.7 Å². The van der Waals surface area contributed by atoms with Gasteiger partial charge in [-0.3, -0.25) is 4.98 Å². The fraction of sp³-hybridized carbons (Fsp3) is 0.514. The van der Waals surface area contributed by atoms with Crippen LogP contribution in [0, 0.1) is 11.8 Å². The molecule has 6 rings (SSSR count). The van der Waals surface area contributed by atoms with E-state index in [0.717, 1.165) is 49.3 Å². The second-order valence-corrected chi connectivity index (χ2v) is 14.4. The van der Waals surface area contributed by atoms with Crippen LogP contribution in [0.25, 0.3) is 0 Å². The molecule has 1 saturated carbocycles. The summed E-state index contributed by atoms with van der Waals surface area (Å²) in [5, 5.41) is 14.5. The minimum atomic E-state index is -1.05. The highest BCUT2D eigenvalue weighted by Crippen LogP contribution is 2.56. The van der Waals surface area contributed by atoms with E-state index in [0.29, 0.717) is 54.7 Å². The van der Waals surface area contributed by atoms with E-state index >= 15 is 0 Å². The average molecular weight is 652 g/mol. The lowest BCUT2D eigenvalue weighted by Crippen LogP contribution is -2.53. The molecule has 0 amide bonds. The fourth-order valence-corrected chi connectivity index (χ4v) is 8.59. The standard InChI is InChI=1S/C37H44Cl2N2O4/c1-24(23-45-33-11-17-40-32-8-3-5-25(2)34(32)33)19-27-20-26-9-10-30(44-18-16-38)22-31(26)36(27)12-14-37(15-13-36,35(42)43)41-29-7-4-6-28(39)21-29/h4,6-7,9-11,17,21-22,24-25,27,41H,3,5,8,12-16,18-20,23H2,1-2H3,(H,42,43)/t24-,25-,27+,36?,37?/m1/s1. The number of rotatable bonds is 11. The maximum atomic E-state index is 12.8. The van der Waals surface area contributed by atoms with Crippen molar-refractivity contribution >= 4 is 34.9 Å². The van der Waals surface area contributed by atoms with E-state index in [1.54, 1.807) is 12.1 Å². The van der Waals surface area contributed by atoms with Gasteiger partial charge < -0.3 is 19.9 Å². The van der Waals surface area contributed by atoms with Gasteiger partial charge in [-0.25, -0.2) is 4.79 Å². The van der Waals surface area contributed by atoms with E-state index in [1.807, 2.05) is 30.5 Å². The highest BCUT2D eigenvalue weighted by atomic mass is 35.5. The van der Waals surface area contributed by atoms with Gasteiger partial charge in [-0.1, -0.05) is 37.6 Å². The molecule has 3 aromatic rings. The summed E-state index contributed by atoms with van der Waals surface area (Å²) >= 11 is 12.2. The molecular formula is C37H44Cl2N2O4. The van der Waals surface area contributed by atoms with Crippen LogP contribution in [0.4, 0.5) is 5.69 Å². The van der Waals surface area contributed by atoms with E-state index in [1.165, 1.54) is 35.2 Å². The van der Waals surface area contributed by atoms with Crippen molar-refractivity contribution in [2.75, 3.05) is 24.4 Å². The number of halogens is 2. The van der Waals surface area contributed by atoms with Crippen molar-refractivity contribution in [2.45, 2.75) is 88.5 Å². The van der Waals surface area contributed by atoms with Crippen molar-refractivity contribution in [1.29, 1.82) is 0 Å². The Balaban J connectivity index is 1.23. The Morgan fingerprint density at radius 1 is 1.13 bits per heavy atom. The number of alkyl halides is 1. The lowest BCUT2D eigenvalue weighted by molar-refractivity contribution is -0.144. The molecule has 1 heterocycles. The summed E-state index contributed by atoms with van der Waals surface area (Å²) in [4.78, 5) is 17.5. The van der Waals surface area contributed by atoms with Crippen LogP contribution < -0.4 is 14.8 Å². The first kappa shape index (κ1) is 32.0. The topological polar surface area (TPSA) is 80.7 Å². The summed E-state index contributed by atoms with van der Waals surface area (Å²) in [5.41, 5.74) is 4.67. The Labute approximate surface area is 276 Å². The molecule has 8 heteroatoms. The first-order valence-electron chi connectivity index (χ1n) is 16.4. The molecule has 2 N–H and O–H groups in total. The molecule has 0 bridgehead atoms. The number of hydrogen-bond acceptors (Lipinski definition) is 5. The van der Waals surface area contributed by atoms with Crippen LogP contribution in [0.2, 0.25) is 5.02 Å². The lowest BCUT2D eigenvalue weighted by Gasteiger charge is -2.47. The fourth-order valence-electron chi connectivity index (χ4n) is 8.32. The van der Waals surface area contributed by atoms with Crippen molar-refractivity contribution in [3.8, 4) is 11.5 Å². The third-order valence-corrected chi connectivity index (χ3v) is 11.0. The number of aliphatic carboxylic acids is 1. The van der Waals surface area contributed by atoms with E-state index in [9.17, 15) is 9.90 Å². The van der Waals surface area contributed by atoms with Gasteiger partial charge in [-0.05, 0) is 128 Å². The first-order valence-corrected chi connectivity index (χ1v) is 17.3. The van der Waals surface area contributed by atoms with Crippen molar-refractivity contribution in [2.24, 2.45) is 11.8 Å². The first-order chi connectivity index (χ1) is 21.7. The Hall–Kier alpha value is -2.96. The molecule has 1 fully saturated rings. The van der Waals surface area contributed by atoms with Crippen molar-refractivity contribution < 1.29 is 19.4 Å². The number of fused-ring (bicyclic) bond motifs is 3. The molecule has 45 heavy (non-hydrogen) atoms. The van der Waals surface area contributed by atoms with Crippen LogP contribution in [-0.4, -0.2) is 40.7 Å². The zero-order valence-corrected chi connectivity index (χ0v) is 27.8. The third-order valence-electron chi connectivity index (χ3n) is 10.6. The van der Waals surface area contributed by atoms with Crippen molar-refractivity contribution in [3.05, 3.63) is 82.1 Å². The Bertz CT molecular complexity index is 1520. The number of nitrogens with zero attached hydrogens (tertiary/aromatic N) is 1. The summed E-state index contributed by atoms with van der Waals surface area (Å²) in [7, 11) is 0. The third kappa shape index (κ3) is 6.51. The minimum absolute atomic E-state index is 0.136. The van der Waals surface area contributed by atoms with Crippen LogP contribution in [0.5, 0.6) is 11.5 Å². The van der Waals surface area contributed by atoms with Gasteiger partial charge in [0.1, 0.15) is 23.6 Å². The number of ether oxygens (including phenoxy) is 2. The zero-order valence-electron chi connectivity index (χ0n) is 26.3. The molecule has 1 aromatic heterocycles. The molecule has 3 aliphatic rings. The normalized spacial score (nSPS) is 26.1. The Morgan fingerprint density at radius 2 is 1.96 bits per heavy atom. The van der Waals surface area contributed by atoms with Crippen LogP contribution in [0.15, 0.2) is 54.7 Å². The Kier molecular flexibility index (Phi) is 9.54. The second-order valence-electron chi connectivity index (χ2n) is 13.6. The van der Waals surface area contributed by atoms with Gasteiger partial charge in [0.2, 0.25) is 0 Å². The number of benzene rings is 2. The highest BCUT2D eigenvalue weighted by molar-refractivity contribution is 6.30. The SMILES string of the molecule is C[C@@H](COc1ccnc2c1[C@H](C)CCC2)C[C@H]1Cc2ccc(OCCCl)cc2C12CCC(Nc1cccc(Cl)c1)(C(=O)O)CC2. The highest BCUT2D eigenvalue weighted by Gasteiger charge is 2.54. The quantitative estimate of drug-likeness (QED) is 0.202. The van der Waals surface area contributed by atoms with Gasteiger partial charge in [0, 0.05) is 28.2 Å². The number of pyridine rings is 1. The van der Waals surface area contributed by atoms with Crippen LogP contribution in [0.1, 0.15) is 87.1 Å². The second kappa shape index (κ2) is 13.4. The largest absolute Gasteiger partial charge is 0.493 e. The number of hydrogen-bond donors (Lipinski definition) is 2. The minimum Gasteiger partial charge on any atom is -0.493 e. The molecular weight excluding hydrogens is 607 g/mol. The van der Waals surface area contributed by atoms with Crippen LogP contribution >= 0.6 is 23.2 Å². The number of anilines is 1. The number of carboxylic acid groups (broad SMARTS) is 1. The molecule has 0 aliphatic heterocycles. The number of nitrogens with one attached hydrogen (secondary N) is 1. The predicted molar refractivity (Wildman–Crippen MR) is 180 cm³/mol. The van der Waals surface area contributed by atoms with Gasteiger partial charge in [0.05, 0.1) is 12.5 Å². The van der Waals surface area contributed by atoms with Gasteiger partial charge in [0.25, 0.3) is 0 Å². The maximum absolute atomic E-state index is 12.8. The molecule has 1 spiro atoms. The number of aryl methyl sites for hydroxylation is 1.